The quantitative estimate of drug-likeness (QED) is 0.496. The van der Waals surface area contributed by atoms with Crippen LogP contribution in [0.4, 0.5) is 29.3 Å². The average molecular weight is 382 g/mol. The molecule has 0 spiro atoms. The SMILES string of the molecule is O=C(Nc1ccc(/C=C/c2ccccc2)cc1)Nc1ccc(C(F)(F)F)cc1. The highest BCUT2D eigenvalue weighted by Crippen LogP contribution is 2.29. The molecule has 0 aliphatic carbocycles. The number of rotatable bonds is 4. The van der Waals surface area contributed by atoms with Crippen molar-refractivity contribution in [1.29, 1.82) is 0 Å². The molecule has 0 fully saturated rings. The molecule has 28 heavy (non-hydrogen) atoms. The van der Waals surface area contributed by atoms with Crippen molar-refractivity contribution >= 4 is 29.6 Å². The Bertz CT molecular complexity index is 948. The van der Waals surface area contributed by atoms with E-state index in [4.69, 9.17) is 0 Å². The van der Waals surface area contributed by atoms with Crippen molar-refractivity contribution in [2.45, 2.75) is 6.18 Å². The molecule has 0 saturated heterocycles. The van der Waals surface area contributed by atoms with Crippen LogP contribution in [-0.4, -0.2) is 6.03 Å². The van der Waals surface area contributed by atoms with Crippen LogP contribution in [0.2, 0.25) is 0 Å². The number of hydrogen-bond acceptors (Lipinski definition) is 1. The van der Waals surface area contributed by atoms with E-state index in [2.05, 4.69) is 10.6 Å². The van der Waals surface area contributed by atoms with E-state index in [0.29, 0.717) is 5.69 Å². The van der Waals surface area contributed by atoms with Gasteiger partial charge in [0.25, 0.3) is 0 Å². The monoisotopic (exact) mass is 382 g/mol. The fourth-order valence-corrected chi connectivity index (χ4v) is 2.47. The number of halogens is 3. The minimum atomic E-state index is -4.41. The minimum Gasteiger partial charge on any atom is -0.308 e. The zero-order chi connectivity index (χ0) is 20.0. The summed E-state index contributed by atoms with van der Waals surface area (Å²) in [6.07, 6.45) is -0.460. The zero-order valence-corrected chi connectivity index (χ0v) is 14.7. The predicted octanol–water partition coefficient (Wildman–Crippen LogP) is 6.52. The lowest BCUT2D eigenvalue weighted by atomic mass is 10.1. The molecular formula is C22H17F3N2O. The average Bonchev–Trinajstić information content (AvgIpc) is 2.68. The predicted molar refractivity (Wildman–Crippen MR) is 106 cm³/mol. The first kappa shape index (κ1) is 19.2. The van der Waals surface area contributed by atoms with E-state index in [1.165, 1.54) is 12.1 Å². The number of urea groups is 1. The van der Waals surface area contributed by atoms with Gasteiger partial charge < -0.3 is 10.6 Å². The summed E-state index contributed by atoms with van der Waals surface area (Å²) < 4.78 is 37.6. The Morgan fingerprint density at radius 3 is 1.64 bits per heavy atom. The summed E-state index contributed by atoms with van der Waals surface area (Å²) in [5.74, 6) is 0. The summed E-state index contributed by atoms with van der Waals surface area (Å²) in [6, 6.07) is 20.8. The maximum absolute atomic E-state index is 12.5. The topological polar surface area (TPSA) is 41.1 Å². The number of carbonyl (C=O) groups is 1. The van der Waals surface area contributed by atoms with Crippen LogP contribution < -0.4 is 10.6 Å². The third-order valence-corrected chi connectivity index (χ3v) is 3.91. The van der Waals surface area contributed by atoms with Crippen LogP contribution in [0.1, 0.15) is 16.7 Å². The molecule has 3 nitrogen and oxygen atoms in total. The van der Waals surface area contributed by atoms with Gasteiger partial charge in [0.2, 0.25) is 0 Å². The Hall–Kier alpha value is -3.54. The molecule has 0 aromatic heterocycles. The summed E-state index contributed by atoms with van der Waals surface area (Å²) in [4.78, 5) is 12.0. The van der Waals surface area contributed by atoms with E-state index < -0.39 is 17.8 Å². The molecule has 2 N–H and O–H groups in total. The van der Waals surface area contributed by atoms with Gasteiger partial charge in [-0.2, -0.15) is 13.2 Å². The van der Waals surface area contributed by atoms with Gasteiger partial charge in [0, 0.05) is 11.4 Å². The molecule has 142 valence electrons. The Labute approximate surface area is 160 Å². The van der Waals surface area contributed by atoms with Crippen molar-refractivity contribution < 1.29 is 18.0 Å². The fraction of sp³-hybridized carbons (Fsp3) is 0.0455. The molecular weight excluding hydrogens is 365 g/mol. The maximum atomic E-state index is 12.5. The molecule has 0 radical (unpaired) electrons. The van der Waals surface area contributed by atoms with Gasteiger partial charge in [-0.15, -0.1) is 0 Å². The van der Waals surface area contributed by atoms with Gasteiger partial charge in [-0.3, -0.25) is 0 Å². The highest BCUT2D eigenvalue weighted by Gasteiger charge is 2.29. The van der Waals surface area contributed by atoms with Crippen LogP contribution in [-0.2, 0) is 6.18 Å². The maximum Gasteiger partial charge on any atom is 0.416 e. The molecule has 0 atom stereocenters. The molecule has 3 rings (SSSR count). The van der Waals surface area contributed by atoms with Crippen molar-refractivity contribution in [3.8, 4) is 0 Å². The van der Waals surface area contributed by atoms with Gasteiger partial charge in [-0.05, 0) is 47.5 Å². The summed E-state index contributed by atoms with van der Waals surface area (Å²) in [5, 5.41) is 5.14. The molecule has 0 unspecified atom stereocenters. The van der Waals surface area contributed by atoms with E-state index in [-0.39, 0.29) is 5.69 Å². The number of carbonyl (C=O) groups excluding carboxylic acids is 1. The summed E-state index contributed by atoms with van der Waals surface area (Å²) in [6.45, 7) is 0. The van der Waals surface area contributed by atoms with Gasteiger partial charge >= 0.3 is 12.2 Å². The van der Waals surface area contributed by atoms with Gasteiger partial charge in [0.05, 0.1) is 5.56 Å². The summed E-state index contributed by atoms with van der Waals surface area (Å²) in [5.41, 5.74) is 2.13. The highest BCUT2D eigenvalue weighted by molar-refractivity contribution is 5.99. The zero-order valence-electron chi connectivity index (χ0n) is 14.7. The number of benzene rings is 3. The van der Waals surface area contributed by atoms with Gasteiger partial charge in [-0.1, -0.05) is 54.6 Å². The molecule has 6 heteroatoms. The van der Waals surface area contributed by atoms with Crippen LogP contribution in [0, 0.1) is 0 Å². The van der Waals surface area contributed by atoms with Crippen LogP contribution in [0.25, 0.3) is 12.2 Å². The lowest BCUT2D eigenvalue weighted by molar-refractivity contribution is -0.137. The van der Waals surface area contributed by atoms with Gasteiger partial charge in [-0.25, -0.2) is 4.79 Å². The normalized spacial score (nSPS) is 11.4. The smallest absolute Gasteiger partial charge is 0.308 e. The molecule has 3 aromatic rings. The summed E-state index contributed by atoms with van der Waals surface area (Å²) >= 11 is 0. The molecule has 0 heterocycles. The second-order valence-electron chi connectivity index (χ2n) is 6.02. The Morgan fingerprint density at radius 2 is 1.14 bits per heavy atom. The second-order valence-corrected chi connectivity index (χ2v) is 6.02. The van der Waals surface area contributed by atoms with Gasteiger partial charge in [0.15, 0.2) is 0 Å². The van der Waals surface area contributed by atoms with Crippen LogP contribution >= 0.6 is 0 Å². The standard InChI is InChI=1S/C22H17F3N2O/c23-22(24,25)18-10-14-20(15-11-18)27-21(28)26-19-12-8-17(9-13-19)7-6-16-4-2-1-3-5-16/h1-15H,(H2,26,27,28)/b7-6+. The molecule has 0 aliphatic rings. The van der Waals surface area contributed by atoms with Crippen molar-refractivity contribution in [2.75, 3.05) is 10.6 Å². The second kappa shape index (κ2) is 8.43. The first-order chi connectivity index (χ1) is 13.4. The highest BCUT2D eigenvalue weighted by atomic mass is 19.4. The lowest BCUT2D eigenvalue weighted by Gasteiger charge is -2.10. The van der Waals surface area contributed by atoms with E-state index in [1.54, 1.807) is 12.1 Å². The Balaban J connectivity index is 1.56. The third kappa shape index (κ3) is 5.48. The van der Waals surface area contributed by atoms with Crippen LogP contribution in [0.5, 0.6) is 0 Å². The number of hydrogen-bond donors (Lipinski definition) is 2. The minimum absolute atomic E-state index is 0.271. The van der Waals surface area contributed by atoms with Crippen molar-refractivity contribution in [3.63, 3.8) is 0 Å². The largest absolute Gasteiger partial charge is 0.416 e. The molecule has 0 bridgehead atoms. The molecule has 2 amide bonds. The van der Waals surface area contributed by atoms with Gasteiger partial charge in [0.1, 0.15) is 0 Å². The first-order valence-electron chi connectivity index (χ1n) is 8.49. The molecule has 3 aromatic carbocycles. The van der Waals surface area contributed by atoms with Crippen LogP contribution in [0.3, 0.4) is 0 Å². The van der Waals surface area contributed by atoms with E-state index >= 15 is 0 Å². The molecule has 0 aliphatic heterocycles. The third-order valence-electron chi connectivity index (χ3n) is 3.91. The van der Waals surface area contributed by atoms with Crippen LogP contribution in [0.15, 0.2) is 78.9 Å². The van der Waals surface area contributed by atoms with Crippen molar-refractivity contribution in [2.24, 2.45) is 0 Å². The van der Waals surface area contributed by atoms with Crippen molar-refractivity contribution in [1.82, 2.24) is 0 Å². The van der Waals surface area contributed by atoms with E-state index in [0.717, 1.165) is 23.3 Å². The number of alkyl halides is 3. The molecule has 0 saturated carbocycles. The first-order valence-corrected chi connectivity index (χ1v) is 8.49. The lowest BCUT2D eigenvalue weighted by Crippen LogP contribution is -2.19. The Kier molecular flexibility index (Phi) is 5.79. The van der Waals surface area contributed by atoms with E-state index in [9.17, 15) is 18.0 Å². The van der Waals surface area contributed by atoms with Crippen molar-refractivity contribution in [3.05, 3.63) is 95.6 Å². The number of amides is 2. The van der Waals surface area contributed by atoms with E-state index in [1.807, 2.05) is 54.6 Å². The number of anilines is 2. The Morgan fingerprint density at radius 1 is 0.679 bits per heavy atom. The summed E-state index contributed by atoms with van der Waals surface area (Å²) in [7, 11) is 0. The number of nitrogens with one attached hydrogen (secondary N) is 2. The fourth-order valence-electron chi connectivity index (χ4n) is 2.47.